The molecule has 0 aliphatic heterocycles. The summed E-state index contributed by atoms with van der Waals surface area (Å²) in [4.78, 5) is 3.59. The lowest BCUT2D eigenvalue weighted by Gasteiger charge is -2.11. The van der Waals surface area contributed by atoms with E-state index in [-0.39, 0.29) is 0 Å². The first-order chi connectivity index (χ1) is 7.33. The van der Waals surface area contributed by atoms with E-state index in [1.54, 1.807) is 7.05 Å². The van der Waals surface area contributed by atoms with E-state index >= 15 is 0 Å². The van der Waals surface area contributed by atoms with Gasteiger partial charge in [-0.1, -0.05) is 0 Å². The second kappa shape index (κ2) is 4.54. The molecule has 1 aromatic rings. The van der Waals surface area contributed by atoms with Gasteiger partial charge in [0.2, 0.25) is 0 Å². The monoisotopic (exact) mass is 238 g/mol. The lowest BCUT2D eigenvalue weighted by Crippen LogP contribution is -2.20. The number of aryl methyl sites for hydroxylation is 1. The van der Waals surface area contributed by atoms with Gasteiger partial charge in [-0.2, -0.15) is 13.2 Å². The SMILES string of the molecule is CNc1cc(F)c(OCC(F)(F)F)nc1C. The fourth-order valence-corrected chi connectivity index (χ4v) is 1.06. The van der Waals surface area contributed by atoms with Crippen LogP contribution in [0.2, 0.25) is 0 Å². The summed E-state index contributed by atoms with van der Waals surface area (Å²) in [7, 11) is 1.56. The zero-order chi connectivity index (χ0) is 12.3. The normalized spacial score (nSPS) is 11.4. The molecule has 0 bridgehead atoms. The number of hydrogen-bond acceptors (Lipinski definition) is 3. The van der Waals surface area contributed by atoms with Crippen LogP contribution in [0.1, 0.15) is 5.69 Å². The number of nitrogens with one attached hydrogen (secondary N) is 1. The van der Waals surface area contributed by atoms with Gasteiger partial charge in [-0.05, 0) is 6.92 Å². The van der Waals surface area contributed by atoms with Crippen molar-refractivity contribution in [2.24, 2.45) is 0 Å². The Hall–Kier alpha value is -1.53. The largest absolute Gasteiger partial charge is 0.466 e. The second-order valence-electron chi connectivity index (χ2n) is 3.06. The first kappa shape index (κ1) is 12.5. The maximum Gasteiger partial charge on any atom is 0.422 e. The van der Waals surface area contributed by atoms with Crippen molar-refractivity contribution in [3.8, 4) is 5.88 Å². The van der Waals surface area contributed by atoms with Gasteiger partial charge in [0.05, 0.1) is 11.4 Å². The Kier molecular flexibility index (Phi) is 3.56. The summed E-state index contributed by atoms with van der Waals surface area (Å²) in [5.74, 6) is -1.58. The molecule has 0 aliphatic carbocycles. The van der Waals surface area contributed by atoms with Crippen LogP contribution in [0.4, 0.5) is 23.2 Å². The third-order valence-electron chi connectivity index (χ3n) is 1.78. The quantitative estimate of drug-likeness (QED) is 0.821. The van der Waals surface area contributed by atoms with E-state index < -0.39 is 24.5 Å². The zero-order valence-electron chi connectivity index (χ0n) is 8.65. The molecule has 0 radical (unpaired) electrons. The molecule has 3 nitrogen and oxygen atoms in total. The molecule has 1 rings (SSSR count). The molecule has 0 spiro atoms. The predicted octanol–water partition coefficient (Wildman–Crippen LogP) is 2.51. The predicted molar refractivity (Wildman–Crippen MR) is 50.0 cm³/mol. The first-order valence-electron chi connectivity index (χ1n) is 4.38. The van der Waals surface area contributed by atoms with Crippen LogP contribution in [-0.4, -0.2) is 24.8 Å². The fourth-order valence-electron chi connectivity index (χ4n) is 1.06. The molecule has 0 saturated heterocycles. The highest BCUT2D eigenvalue weighted by atomic mass is 19.4. The molecular weight excluding hydrogens is 228 g/mol. The van der Waals surface area contributed by atoms with Gasteiger partial charge in [-0.25, -0.2) is 9.37 Å². The van der Waals surface area contributed by atoms with Gasteiger partial charge in [0.1, 0.15) is 0 Å². The van der Waals surface area contributed by atoms with Gasteiger partial charge in [0.25, 0.3) is 5.88 Å². The summed E-state index contributed by atoms with van der Waals surface area (Å²) in [6.45, 7) is -0.0268. The van der Waals surface area contributed by atoms with E-state index in [1.165, 1.54) is 6.92 Å². The van der Waals surface area contributed by atoms with E-state index in [1.807, 2.05) is 0 Å². The molecule has 0 fully saturated rings. The standard InChI is InChI=1S/C9H10F4N2O/c1-5-7(14-2)3-6(10)8(15-5)16-4-9(11,12)13/h3,14H,4H2,1-2H3. The van der Waals surface area contributed by atoms with Crippen LogP contribution in [0.15, 0.2) is 6.07 Å². The molecule has 7 heteroatoms. The molecular formula is C9H10F4N2O. The van der Waals surface area contributed by atoms with Gasteiger partial charge >= 0.3 is 6.18 Å². The third-order valence-corrected chi connectivity index (χ3v) is 1.78. The van der Waals surface area contributed by atoms with Crippen molar-refractivity contribution in [3.05, 3.63) is 17.6 Å². The van der Waals surface area contributed by atoms with Crippen LogP contribution in [0.5, 0.6) is 5.88 Å². The number of alkyl halides is 3. The molecule has 0 amide bonds. The van der Waals surface area contributed by atoms with Crippen molar-refractivity contribution in [1.82, 2.24) is 4.98 Å². The number of pyridine rings is 1. The van der Waals surface area contributed by atoms with Crippen molar-refractivity contribution in [2.45, 2.75) is 13.1 Å². The summed E-state index contributed by atoms with van der Waals surface area (Å²) in [5.41, 5.74) is 0.762. The van der Waals surface area contributed by atoms with E-state index in [4.69, 9.17) is 0 Å². The second-order valence-corrected chi connectivity index (χ2v) is 3.06. The highest BCUT2D eigenvalue weighted by molar-refractivity contribution is 5.48. The summed E-state index contributed by atoms with van der Waals surface area (Å²) in [5, 5.41) is 2.66. The number of hydrogen-bond donors (Lipinski definition) is 1. The minimum absolute atomic E-state index is 0.362. The minimum Gasteiger partial charge on any atom is -0.466 e. The summed E-state index contributed by atoms with van der Waals surface area (Å²) < 4.78 is 52.9. The van der Waals surface area contributed by atoms with Gasteiger partial charge in [-0.3, -0.25) is 0 Å². The zero-order valence-corrected chi connectivity index (χ0v) is 8.65. The van der Waals surface area contributed by atoms with Crippen molar-refractivity contribution in [2.75, 3.05) is 19.0 Å². The highest BCUT2D eigenvalue weighted by Gasteiger charge is 2.29. The molecule has 0 unspecified atom stereocenters. The maximum absolute atomic E-state index is 13.2. The number of halogens is 4. The molecule has 0 aromatic carbocycles. The fraction of sp³-hybridized carbons (Fsp3) is 0.444. The maximum atomic E-state index is 13.2. The van der Waals surface area contributed by atoms with Gasteiger partial charge in [-0.15, -0.1) is 0 Å². The summed E-state index contributed by atoms with van der Waals surface area (Å²) in [6, 6.07) is 1.04. The van der Waals surface area contributed by atoms with E-state index in [9.17, 15) is 17.6 Å². The van der Waals surface area contributed by atoms with Crippen molar-refractivity contribution >= 4 is 5.69 Å². The number of nitrogens with zero attached hydrogens (tertiary/aromatic N) is 1. The Morgan fingerprint density at radius 3 is 2.56 bits per heavy atom. The van der Waals surface area contributed by atoms with Crippen LogP contribution in [-0.2, 0) is 0 Å². The first-order valence-corrected chi connectivity index (χ1v) is 4.38. The topological polar surface area (TPSA) is 34.1 Å². The van der Waals surface area contributed by atoms with Gasteiger partial charge < -0.3 is 10.1 Å². The van der Waals surface area contributed by atoms with Crippen LogP contribution in [0.3, 0.4) is 0 Å². The molecule has 90 valence electrons. The lowest BCUT2D eigenvalue weighted by molar-refractivity contribution is -0.154. The van der Waals surface area contributed by atoms with Gasteiger partial charge in [0.15, 0.2) is 12.4 Å². The molecule has 0 atom stereocenters. The molecule has 16 heavy (non-hydrogen) atoms. The van der Waals surface area contributed by atoms with E-state index in [0.717, 1.165) is 6.07 Å². The Morgan fingerprint density at radius 1 is 1.44 bits per heavy atom. The molecule has 1 heterocycles. The lowest BCUT2D eigenvalue weighted by atomic mass is 10.3. The number of rotatable bonds is 3. The molecule has 1 aromatic heterocycles. The van der Waals surface area contributed by atoms with Crippen LogP contribution < -0.4 is 10.1 Å². The number of aromatic nitrogens is 1. The number of anilines is 1. The third kappa shape index (κ3) is 3.25. The summed E-state index contributed by atoms with van der Waals surface area (Å²) in [6.07, 6.45) is -4.51. The average Bonchev–Trinajstić information content (AvgIpc) is 2.17. The number of ether oxygens (including phenoxy) is 1. The average molecular weight is 238 g/mol. The Bertz CT molecular complexity index is 379. The Morgan fingerprint density at radius 2 is 2.06 bits per heavy atom. The summed E-state index contributed by atoms with van der Waals surface area (Å²) >= 11 is 0. The van der Waals surface area contributed by atoms with Crippen molar-refractivity contribution in [1.29, 1.82) is 0 Å². The van der Waals surface area contributed by atoms with E-state index in [2.05, 4.69) is 15.0 Å². The Labute approximate surface area is 89.4 Å². The smallest absolute Gasteiger partial charge is 0.422 e. The molecule has 0 saturated carbocycles. The van der Waals surface area contributed by atoms with E-state index in [0.29, 0.717) is 11.4 Å². The van der Waals surface area contributed by atoms with Crippen LogP contribution in [0, 0.1) is 12.7 Å². The van der Waals surface area contributed by atoms with Crippen molar-refractivity contribution < 1.29 is 22.3 Å². The van der Waals surface area contributed by atoms with Gasteiger partial charge in [0, 0.05) is 13.1 Å². The minimum atomic E-state index is -4.51. The van der Waals surface area contributed by atoms with Crippen LogP contribution in [0.25, 0.3) is 0 Å². The Balaban J connectivity index is 2.86. The molecule has 0 aliphatic rings. The molecule has 1 N–H and O–H groups in total. The van der Waals surface area contributed by atoms with Crippen LogP contribution >= 0.6 is 0 Å². The highest BCUT2D eigenvalue weighted by Crippen LogP contribution is 2.23. The van der Waals surface area contributed by atoms with Crippen molar-refractivity contribution in [3.63, 3.8) is 0 Å².